The fourth-order valence-electron chi connectivity index (χ4n) is 2.82. The fourth-order valence-corrected chi connectivity index (χ4v) is 3.38. The molecule has 1 aliphatic rings. The van der Waals surface area contributed by atoms with Crippen molar-refractivity contribution in [3.05, 3.63) is 51.8 Å². The van der Waals surface area contributed by atoms with E-state index in [9.17, 15) is 0 Å². The molecule has 1 aliphatic heterocycles. The molecule has 106 valence electrons. The molecule has 0 spiro atoms. The van der Waals surface area contributed by atoms with Crippen LogP contribution in [0, 0.1) is 0 Å². The summed E-state index contributed by atoms with van der Waals surface area (Å²) in [5.74, 6) is 0. The third-order valence-corrected chi connectivity index (χ3v) is 4.42. The smallest absolute Gasteiger partial charge is 0.104 e. The first-order valence-corrected chi connectivity index (χ1v) is 7.68. The second-order valence-corrected chi connectivity index (χ2v) is 5.81. The number of aromatic nitrogens is 2. The monoisotopic (exact) mass is 335 g/mol. The maximum atomic E-state index is 6.49. The van der Waals surface area contributed by atoms with Crippen LogP contribution in [0.25, 0.3) is 0 Å². The van der Waals surface area contributed by atoms with E-state index in [1.54, 1.807) is 6.20 Å². The van der Waals surface area contributed by atoms with Gasteiger partial charge in [-0.2, -0.15) is 5.10 Å². The number of rotatable bonds is 3. The average molecular weight is 336 g/mol. The van der Waals surface area contributed by atoms with Crippen LogP contribution in [0.2, 0.25) is 0 Å². The number of nitrogens with two attached hydrogens (primary N) is 1. The zero-order valence-electron chi connectivity index (χ0n) is 11.4. The SMILES string of the molecule is CCn1ncc(Br)c1C(N)C1OCCc2ccccc21. The van der Waals surface area contributed by atoms with Gasteiger partial charge in [0.1, 0.15) is 6.10 Å². The Morgan fingerprint density at radius 3 is 3.10 bits per heavy atom. The Morgan fingerprint density at radius 1 is 1.50 bits per heavy atom. The van der Waals surface area contributed by atoms with E-state index < -0.39 is 0 Å². The van der Waals surface area contributed by atoms with Gasteiger partial charge in [-0.05, 0) is 40.4 Å². The van der Waals surface area contributed by atoms with Crippen LogP contribution in [-0.4, -0.2) is 16.4 Å². The van der Waals surface area contributed by atoms with Gasteiger partial charge in [0, 0.05) is 6.54 Å². The first-order valence-electron chi connectivity index (χ1n) is 6.88. The van der Waals surface area contributed by atoms with E-state index in [0.717, 1.165) is 23.1 Å². The normalized spacial score (nSPS) is 19.6. The summed E-state index contributed by atoms with van der Waals surface area (Å²) in [6.07, 6.45) is 2.64. The Balaban J connectivity index is 1.99. The summed E-state index contributed by atoms with van der Waals surface area (Å²) in [6, 6.07) is 8.15. The largest absolute Gasteiger partial charge is 0.371 e. The molecule has 0 radical (unpaired) electrons. The maximum absolute atomic E-state index is 6.49. The van der Waals surface area contributed by atoms with Crippen LogP contribution in [0.4, 0.5) is 0 Å². The van der Waals surface area contributed by atoms with Crippen LogP contribution in [-0.2, 0) is 17.7 Å². The number of aryl methyl sites for hydroxylation is 1. The minimum Gasteiger partial charge on any atom is -0.371 e. The third kappa shape index (κ3) is 2.30. The second-order valence-electron chi connectivity index (χ2n) is 4.96. The molecule has 1 aromatic carbocycles. The highest BCUT2D eigenvalue weighted by atomic mass is 79.9. The fraction of sp³-hybridized carbons (Fsp3) is 0.400. The summed E-state index contributed by atoms with van der Waals surface area (Å²) < 4.78 is 8.83. The van der Waals surface area contributed by atoms with Crippen LogP contribution in [0.15, 0.2) is 34.9 Å². The molecule has 0 fully saturated rings. The van der Waals surface area contributed by atoms with Crippen molar-refractivity contribution in [2.24, 2.45) is 5.73 Å². The average Bonchev–Trinajstić information content (AvgIpc) is 2.87. The number of hydrogen-bond acceptors (Lipinski definition) is 3. The first kappa shape index (κ1) is 13.8. The Bertz CT molecular complexity index is 611. The van der Waals surface area contributed by atoms with E-state index >= 15 is 0 Å². The van der Waals surface area contributed by atoms with Crippen LogP contribution >= 0.6 is 15.9 Å². The molecule has 0 bridgehead atoms. The van der Waals surface area contributed by atoms with Crippen molar-refractivity contribution in [1.82, 2.24) is 9.78 Å². The number of nitrogens with zero attached hydrogens (tertiary/aromatic N) is 2. The van der Waals surface area contributed by atoms with E-state index in [4.69, 9.17) is 10.5 Å². The Labute approximate surface area is 127 Å². The van der Waals surface area contributed by atoms with Gasteiger partial charge < -0.3 is 10.5 Å². The second kappa shape index (κ2) is 5.68. The van der Waals surface area contributed by atoms with Crippen molar-refractivity contribution in [1.29, 1.82) is 0 Å². The van der Waals surface area contributed by atoms with Gasteiger partial charge in [-0.15, -0.1) is 0 Å². The lowest BCUT2D eigenvalue weighted by molar-refractivity contribution is 0.0221. The molecule has 0 saturated heterocycles. The van der Waals surface area contributed by atoms with Crippen LogP contribution in [0.5, 0.6) is 0 Å². The van der Waals surface area contributed by atoms with Crippen molar-refractivity contribution in [3.8, 4) is 0 Å². The summed E-state index contributed by atoms with van der Waals surface area (Å²) in [4.78, 5) is 0. The van der Waals surface area contributed by atoms with E-state index in [2.05, 4.69) is 46.2 Å². The zero-order valence-corrected chi connectivity index (χ0v) is 13.0. The van der Waals surface area contributed by atoms with Gasteiger partial charge in [0.2, 0.25) is 0 Å². The molecule has 2 unspecified atom stereocenters. The number of ether oxygens (including phenoxy) is 1. The molecule has 2 atom stereocenters. The molecule has 4 nitrogen and oxygen atoms in total. The lowest BCUT2D eigenvalue weighted by Gasteiger charge is -2.31. The molecular weight excluding hydrogens is 318 g/mol. The predicted molar refractivity (Wildman–Crippen MR) is 81.4 cm³/mol. The Morgan fingerprint density at radius 2 is 2.30 bits per heavy atom. The molecule has 0 aliphatic carbocycles. The van der Waals surface area contributed by atoms with Crippen molar-refractivity contribution >= 4 is 15.9 Å². The highest BCUT2D eigenvalue weighted by molar-refractivity contribution is 9.10. The lowest BCUT2D eigenvalue weighted by Crippen LogP contribution is -2.29. The quantitative estimate of drug-likeness (QED) is 0.938. The van der Waals surface area contributed by atoms with E-state index in [0.29, 0.717) is 6.61 Å². The number of hydrogen-bond donors (Lipinski definition) is 1. The molecule has 0 saturated carbocycles. The Kier molecular flexibility index (Phi) is 3.92. The molecule has 2 aromatic rings. The maximum Gasteiger partial charge on any atom is 0.104 e. The van der Waals surface area contributed by atoms with Crippen molar-refractivity contribution < 1.29 is 4.74 Å². The van der Waals surface area contributed by atoms with Crippen molar-refractivity contribution in [3.63, 3.8) is 0 Å². The first-order chi connectivity index (χ1) is 9.72. The van der Waals surface area contributed by atoms with E-state index in [1.807, 2.05) is 10.7 Å². The lowest BCUT2D eigenvalue weighted by atomic mass is 9.92. The van der Waals surface area contributed by atoms with Gasteiger partial charge in [0.05, 0.1) is 29.0 Å². The summed E-state index contributed by atoms with van der Waals surface area (Å²) in [5, 5.41) is 4.34. The number of fused-ring (bicyclic) bond motifs is 1. The summed E-state index contributed by atoms with van der Waals surface area (Å²) in [5.41, 5.74) is 10.0. The Hall–Kier alpha value is -1.17. The molecule has 3 rings (SSSR count). The topological polar surface area (TPSA) is 53.1 Å². The minimum atomic E-state index is -0.228. The van der Waals surface area contributed by atoms with Crippen LogP contribution in [0.1, 0.15) is 35.9 Å². The van der Waals surface area contributed by atoms with Gasteiger partial charge in [-0.1, -0.05) is 24.3 Å². The van der Waals surface area contributed by atoms with Crippen molar-refractivity contribution in [2.45, 2.75) is 32.0 Å². The molecule has 0 amide bonds. The highest BCUT2D eigenvalue weighted by Crippen LogP contribution is 2.37. The zero-order chi connectivity index (χ0) is 14.1. The predicted octanol–water partition coefficient (Wildman–Crippen LogP) is 2.98. The third-order valence-electron chi connectivity index (χ3n) is 3.81. The highest BCUT2D eigenvalue weighted by Gasteiger charge is 2.30. The number of benzene rings is 1. The van der Waals surface area contributed by atoms with Gasteiger partial charge in [0.15, 0.2) is 0 Å². The molecule has 2 N–H and O–H groups in total. The van der Waals surface area contributed by atoms with Crippen LogP contribution in [0.3, 0.4) is 0 Å². The van der Waals surface area contributed by atoms with Gasteiger partial charge >= 0.3 is 0 Å². The van der Waals surface area contributed by atoms with Gasteiger partial charge in [-0.3, -0.25) is 4.68 Å². The molecule has 2 heterocycles. The summed E-state index contributed by atoms with van der Waals surface area (Å²) >= 11 is 3.55. The number of halogens is 1. The standard InChI is InChI=1S/C15H18BrN3O/c1-2-19-14(12(16)9-18-19)13(17)15-11-6-4-3-5-10(11)7-8-20-15/h3-6,9,13,15H,2,7-8,17H2,1H3. The van der Waals surface area contributed by atoms with E-state index in [-0.39, 0.29) is 12.1 Å². The van der Waals surface area contributed by atoms with Gasteiger partial charge in [-0.25, -0.2) is 0 Å². The molecule has 1 aromatic heterocycles. The van der Waals surface area contributed by atoms with Gasteiger partial charge in [0.25, 0.3) is 0 Å². The minimum absolute atomic E-state index is 0.113. The molecule has 5 heteroatoms. The van der Waals surface area contributed by atoms with Crippen LogP contribution < -0.4 is 5.73 Å². The summed E-state index contributed by atoms with van der Waals surface area (Å²) in [6.45, 7) is 3.57. The molecule has 20 heavy (non-hydrogen) atoms. The summed E-state index contributed by atoms with van der Waals surface area (Å²) in [7, 11) is 0. The van der Waals surface area contributed by atoms with E-state index in [1.165, 1.54) is 11.1 Å². The molecular formula is C15H18BrN3O. The van der Waals surface area contributed by atoms with Crippen molar-refractivity contribution in [2.75, 3.05) is 6.61 Å².